The first-order valence-electron chi connectivity index (χ1n) is 8.33. The lowest BCUT2D eigenvalue weighted by atomic mass is 10.3. The minimum absolute atomic E-state index is 0.0450. The van der Waals surface area contributed by atoms with E-state index < -0.39 is 5.91 Å². The minimum Gasteiger partial charge on any atom is -0.465 e. The highest BCUT2D eigenvalue weighted by Gasteiger charge is 2.25. The van der Waals surface area contributed by atoms with Crippen molar-refractivity contribution in [2.45, 2.75) is 13.5 Å². The zero-order valence-electron chi connectivity index (χ0n) is 15.6. The standard InChI is InChI=1S/C16H19N9O3/c1-10(7-11-5-4-6-27-11)8-18-20-16(26)13-12(9-24(2)3)25(23-19-13)15-14(17)21-28-22-15/h4-8H,9H2,1-3H3,(H2,17,21)(H,20,26)/p+1/b10-7+,18-8-. The Hall–Kier alpha value is -3.80. The second-order valence-corrected chi connectivity index (χ2v) is 6.26. The van der Waals surface area contributed by atoms with Crippen LogP contribution in [0.1, 0.15) is 28.9 Å². The molecule has 0 radical (unpaired) electrons. The normalized spacial score (nSPS) is 12.2. The van der Waals surface area contributed by atoms with Crippen LogP contribution in [0, 0.1) is 0 Å². The number of nitrogen functional groups attached to an aromatic ring is 1. The van der Waals surface area contributed by atoms with Gasteiger partial charge in [-0.3, -0.25) is 4.79 Å². The molecule has 3 heterocycles. The predicted molar refractivity (Wildman–Crippen MR) is 98.5 cm³/mol. The Balaban J connectivity index is 1.78. The fourth-order valence-electron chi connectivity index (χ4n) is 2.36. The van der Waals surface area contributed by atoms with Crippen LogP contribution in [0.15, 0.2) is 38.1 Å². The van der Waals surface area contributed by atoms with Gasteiger partial charge in [0.15, 0.2) is 5.69 Å². The highest BCUT2D eigenvalue weighted by Crippen LogP contribution is 2.15. The first kappa shape index (κ1) is 19.0. The van der Waals surface area contributed by atoms with Gasteiger partial charge < -0.3 is 15.1 Å². The Morgan fingerprint density at radius 2 is 2.25 bits per heavy atom. The molecular formula is C16H20N9O3+. The zero-order chi connectivity index (χ0) is 20.1. The van der Waals surface area contributed by atoms with E-state index in [2.05, 4.69) is 35.8 Å². The van der Waals surface area contributed by atoms with Gasteiger partial charge in [-0.25, -0.2) is 10.1 Å². The fraction of sp³-hybridized carbons (Fsp3) is 0.250. The van der Waals surface area contributed by atoms with E-state index in [-0.39, 0.29) is 17.3 Å². The predicted octanol–water partition coefficient (Wildman–Crippen LogP) is -0.711. The van der Waals surface area contributed by atoms with Crippen LogP contribution in [-0.4, -0.2) is 51.5 Å². The topological polar surface area (TPSA) is 155 Å². The van der Waals surface area contributed by atoms with E-state index in [4.69, 9.17) is 10.2 Å². The van der Waals surface area contributed by atoms with E-state index >= 15 is 0 Å². The van der Waals surface area contributed by atoms with Gasteiger partial charge in [0.25, 0.3) is 5.91 Å². The SMILES string of the molecule is CC(/C=N\NC(=O)c1nnn(-c2nonc2N)c1C[NH+](C)C)=C\c1ccco1. The molecular weight excluding hydrogens is 366 g/mol. The van der Waals surface area contributed by atoms with Crippen molar-refractivity contribution in [3.63, 3.8) is 0 Å². The van der Waals surface area contributed by atoms with Crippen LogP contribution in [0.3, 0.4) is 0 Å². The molecule has 1 amide bonds. The summed E-state index contributed by atoms with van der Waals surface area (Å²) in [4.78, 5) is 13.6. The van der Waals surface area contributed by atoms with Gasteiger partial charge in [0.2, 0.25) is 11.6 Å². The number of hydrogen-bond donors (Lipinski definition) is 3. The Bertz CT molecular complexity index is 999. The number of allylic oxidation sites excluding steroid dienone is 1. The monoisotopic (exact) mass is 386 g/mol. The summed E-state index contributed by atoms with van der Waals surface area (Å²) in [5.74, 6) is 0.389. The first-order chi connectivity index (χ1) is 13.5. The number of nitrogens with one attached hydrogen (secondary N) is 2. The number of nitrogens with zero attached hydrogens (tertiary/aromatic N) is 6. The minimum atomic E-state index is -0.514. The third-order valence-electron chi connectivity index (χ3n) is 3.54. The summed E-state index contributed by atoms with van der Waals surface area (Å²) in [6.07, 6.45) is 4.86. The molecule has 0 unspecified atom stereocenters. The molecule has 4 N–H and O–H groups in total. The van der Waals surface area contributed by atoms with Crippen molar-refractivity contribution in [3.8, 4) is 5.82 Å². The van der Waals surface area contributed by atoms with Gasteiger partial charge in [-0.2, -0.15) is 9.78 Å². The Morgan fingerprint density at radius 3 is 2.89 bits per heavy atom. The fourth-order valence-corrected chi connectivity index (χ4v) is 2.36. The molecule has 0 aliphatic rings. The Labute approximate surface area is 159 Å². The van der Waals surface area contributed by atoms with Crippen molar-refractivity contribution in [2.75, 3.05) is 19.8 Å². The van der Waals surface area contributed by atoms with Gasteiger partial charge >= 0.3 is 0 Å². The van der Waals surface area contributed by atoms with Crippen molar-refractivity contribution in [1.29, 1.82) is 0 Å². The number of furan rings is 1. The van der Waals surface area contributed by atoms with E-state index in [0.717, 1.165) is 10.5 Å². The van der Waals surface area contributed by atoms with E-state index in [1.54, 1.807) is 18.4 Å². The molecule has 0 saturated heterocycles. The van der Waals surface area contributed by atoms with Crippen LogP contribution in [0.2, 0.25) is 0 Å². The maximum Gasteiger partial charge on any atom is 0.294 e. The molecule has 12 nitrogen and oxygen atoms in total. The number of aromatic nitrogens is 5. The van der Waals surface area contributed by atoms with Crippen LogP contribution >= 0.6 is 0 Å². The summed E-state index contributed by atoms with van der Waals surface area (Å²) < 4.78 is 11.2. The summed E-state index contributed by atoms with van der Waals surface area (Å²) in [6, 6.07) is 3.60. The lowest BCUT2D eigenvalue weighted by molar-refractivity contribution is -0.873. The number of amides is 1. The molecule has 28 heavy (non-hydrogen) atoms. The van der Waals surface area contributed by atoms with Crippen molar-refractivity contribution < 1.29 is 18.7 Å². The van der Waals surface area contributed by atoms with Gasteiger partial charge in [-0.1, -0.05) is 5.21 Å². The zero-order valence-corrected chi connectivity index (χ0v) is 15.6. The van der Waals surface area contributed by atoms with Crippen LogP contribution < -0.4 is 16.1 Å². The number of carbonyl (C=O) groups is 1. The van der Waals surface area contributed by atoms with Crippen molar-refractivity contribution in [3.05, 3.63) is 41.1 Å². The number of rotatable bonds is 7. The number of hydrogen-bond acceptors (Lipinski definition) is 9. The van der Waals surface area contributed by atoms with Gasteiger partial charge in [0.1, 0.15) is 18.0 Å². The lowest BCUT2D eigenvalue weighted by Gasteiger charge is -2.08. The largest absolute Gasteiger partial charge is 0.465 e. The van der Waals surface area contributed by atoms with Crippen LogP contribution in [0.4, 0.5) is 5.82 Å². The van der Waals surface area contributed by atoms with Gasteiger partial charge in [-0.05, 0) is 41.0 Å². The van der Waals surface area contributed by atoms with Gasteiger partial charge in [0, 0.05) is 0 Å². The van der Waals surface area contributed by atoms with E-state index in [0.29, 0.717) is 18.0 Å². The summed E-state index contributed by atoms with van der Waals surface area (Å²) in [7, 11) is 3.84. The molecule has 146 valence electrons. The molecule has 0 saturated carbocycles. The molecule has 3 rings (SSSR count). The maximum atomic E-state index is 12.5. The van der Waals surface area contributed by atoms with Crippen molar-refractivity contribution in [2.24, 2.45) is 5.10 Å². The number of carbonyl (C=O) groups excluding carboxylic acids is 1. The summed E-state index contributed by atoms with van der Waals surface area (Å²) in [5.41, 5.74) is 9.56. The van der Waals surface area contributed by atoms with Crippen molar-refractivity contribution in [1.82, 2.24) is 30.7 Å². The molecule has 0 bridgehead atoms. The summed E-state index contributed by atoms with van der Waals surface area (Å²) in [6.45, 7) is 2.26. The van der Waals surface area contributed by atoms with Crippen LogP contribution in [-0.2, 0) is 6.54 Å². The van der Waals surface area contributed by atoms with Gasteiger partial charge in [0.05, 0.1) is 26.6 Å². The lowest BCUT2D eigenvalue weighted by Crippen LogP contribution is -3.04. The van der Waals surface area contributed by atoms with Gasteiger partial charge in [-0.15, -0.1) is 5.10 Å². The molecule has 0 atom stereocenters. The average Bonchev–Trinajstić information content (AvgIpc) is 3.36. The molecule has 0 fully saturated rings. The second kappa shape index (κ2) is 8.26. The Kier molecular flexibility index (Phi) is 5.60. The van der Waals surface area contributed by atoms with E-state index in [1.807, 2.05) is 27.1 Å². The average molecular weight is 386 g/mol. The molecule has 0 spiro atoms. The molecule has 0 aliphatic heterocycles. The number of anilines is 1. The van der Waals surface area contributed by atoms with E-state index in [9.17, 15) is 4.79 Å². The maximum absolute atomic E-state index is 12.5. The molecule has 0 aromatic carbocycles. The van der Waals surface area contributed by atoms with Crippen LogP contribution in [0.25, 0.3) is 11.9 Å². The highest BCUT2D eigenvalue weighted by atomic mass is 16.6. The molecule has 0 aliphatic carbocycles. The molecule has 3 aromatic rings. The molecule has 3 aromatic heterocycles. The van der Waals surface area contributed by atoms with Crippen molar-refractivity contribution >= 4 is 24.0 Å². The smallest absolute Gasteiger partial charge is 0.294 e. The second-order valence-electron chi connectivity index (χ2n) is 6.26. The number of nitrogens with two attached hydrogens (primary N) is 1. The third-order valence-corrected chi connectivity index (χ3v) is 3.54. The number of quaternary nitrogens is 1. The van der Waals surface area contributed by atoms with Crippen LogP contribution in [0.5, 0.6) is 0 Å². The van der Waals surface area contributed by atoms with E-state index in [1.165, 1.54) is 10.9 Å². The summed E-state index contributed by atoms with van der Waals surface area (Å²) >= 11 is 0. The quantitative estimate of drug-likeness (QED) is 0.355. The first-order valence-corrected chi connectivity index (χ1v) is 8.33. The molecule has 12 heteroatoms. The highest BCUT2D eigenvalue weighted by molar-refractivity contribution is 5.94. The Morgan fingerprint density at radius 1 is 1.43 bits per heavy atom. The number of hydrazone groups is 1. The summed E-state index contributed by atoms with van der Waals surface area (Å²) in [5, 5.41) is 19.1. The third kappa shape index (κ3) is 4.29.